The number of carbonyl (C=O) groups is 1. The van der Waals surface area contributed by atoms with Crippen molar-refractivity contribution in [1.29, 1.82) is 0 Å². The maximum Gasteiger partial charge on any atom is 0.341 e. The zero-order valence-corrected chi connectivity index (χ0v) is 13.0. The number of pyridine rings is 1. The first kappa shape index (κ1) is 14.5. The van der Waals surface area contributed by atoms with E-state index in [9.17, 15) is 4.79 Å². The third-order valence-corrected chi connectivity index (χ3v) is 4.11. The number of hydrogen-bond acceptors (Lipinski definition) is 3. The van der Waals surface area contributed by atoms with Gasteiger partial charge in [0.25, 0.3) is 0 Å². The van der Waals surface area contributed by atoms with Crippen LogP contribution in [-0.4, -0.2) is 16.1 Å². The van der Waals surface area contributed by atoms with Crippen molar-refractivity contribution in [3.05, 3.63) is 51.1 Å². The Morgan fingerprint density at radius 2 is 1.80 bits per heavy atom. The van der Waals surface area contributed by atoms with E-state index in [-0.39, 0.29) is 11.4 Å². The molecule has 104 valence electrons. The summed E-state index contributed by atoms with van der Waals surface area (Å²) in [7, 11) is 0. The van der Waals surface area contributed by atoms with Crippen LogP contribution in [0.3, 0.4) is 0 Å². The highest BCUT2D eigenvalue weighted by molar-refractivity contribution is 9.10. The number of benzene rings is 1. The fourth-order valence-corrected chi connectivity index (χ4v) is 2.08. The minimum absolute atomic E-state index is 0.0498. The highest BCUT2D eigenvalue weighted by Crippen LogP contribution is 2.30. The lowest BCUT2D eigenvalue weighted by molar-refractivity contribution is 0.0693. The Kier molecular flexibility index (Phi) is 4.09. The molecular weight excluding hydrogens is 322 g/mol. The molecule has 0 saturated carbocycles. The average Bonchev–Trinajstić information content (AvgIpc) is 2.35. The molecule has 1 aromatic heterocycles. The van der Waals surface area contributed by atoms with Gasteiger partial charge in [0.1, 0.15) is 11.3 Å². The summed E-state index contributed by atoms with van der Waals surface area (Å²) in [6.07, 6.45) is 0. The van der Waals surface area contributed by atoms with Crippen LogP contribution in [0.2, 0.25) is 0 Å². The van der Waals surface area contributed by atoms with Crippen molar-refractivity contribution in [3.63, 3.8) is 0 Å². The number of ether oxygens (including phenoxy) is 1. The summed E-state index contributed by atoms with van der Waals surface area (Å²) >= 11 is 3.48. The van der Waals surface area contributed by atoms with Crippen molar-refractivity contribution < 1.29 is 14.6 Å². The van der Waals surface area contributed by atoms with Gasteiger partial charge in [0.2, 0.25) is 5.88 Å². The van der Waals surface area contributed by atoms with Crippen molar-refractivity contribution in [2.24, 2.45) is 0 Å². The molecule has 0 aliphatic heterocycles. The Balaban J connectivity index is 2.44. The Labute approximate surface area is 125 Å². The molecule has 4 nitrogen and oxygen atoms in total. The second kappa shape index (κ2) is 5.63. The van der Waals surface area contributed by atoms with Gasteiger partial charge in [-0.1, -0.05) is 15.9 Å². The third-order valence-electron chi connectivity index (χ3n) is 2.85. The monoisotopic (exact) mass is 335 g/mol. The third kappa shape index (κ3) is 2.99. The minimum atomic E-state index is -1.06. The van der Waals surface area contributed by atoms with E-state index in [1.165, 1.54) is 6.07 Å². The summed E-state index contributed by atoms with van der Waals surface area (Å²) in [6, 6.07) is 6.83. The molecule has 0 bridgehead atoms. The molecule has 2 rings (SSSR count). The first-order valence-electron chi connectivity index (χ1n) is 6.04. The molecule has 1 heterocycles. The number of carboxylic acid groups (broad SMARTS) is 1. The van der Waals surface area contributed by atoms with Crippen molar-refractivity contribution in [3.8, 4) is 11.6 Å². The Morgan fingerprint density at radius 3 is 2.35 bits per heavy atom. The van der Waals surface area contributed by atoms with Gasteiger partial charge in [-0.2, -0.15) is 0 Å². The van der Waals surface area contributed by atoms with Crippen molar-refractivity contribution in [1.82, 2.24) is 4.98 Å². The molecule has 0 spiro atoms. The van der Waals surface area contributed by atoms with Gasteiger partial charge in [0.05, 0.1) is 0 Å². The van der Waals surface area contributed by atoms with E-state index in [0.29, 0.717) is 11.4 Å². The molecule has 5 heteroatoms. The highest BCUT2D eigenvalue weighted by atomic mass is 79.9. The van der Waals surface area contributed by atoms with Crippen LogP contribution in [0.1, 0.15) is 27.2 Å². The van der Waals surface area contributed by atoms with Crippen molar-refractivity contribution >= 4 is 21.9 Å². The van der Waals surface area contributed by atoms with E-state index < -0.39 is 5.97 Å². The Bertz CT molecular complexity index is 660. The number of carboxylic acids is 1. The predicted molar refractivity (Wildman–Crippen MR) is 79.6 cm³/mol. The summed E-state index contributed by atoms with van der Waals surface area (Å²) in [5.74, 6) is -0.375. The lowest BCUT2D eigenvalue weighted by atomic mass is 10.1. The molecule has 0 fully saturated rings. The van der Waals surface area contributed by atoms with Crippen LogP contribution in [0.15, 0.2) is 28.7 Å². The molecule has 0 amide bonds. The number of nitrogens with zero attached hydrogens (tertiary/aromatic N) is 1. The normalized spacial score (nSPS) is 10.4. The van der Waals surface area contributed by atoms with E-state index in [1.807, 2.05) is 26.0 Å². The van der Waals surface area contributed by atoms with Crippen molar-refractivity contribution in [2.45, 2.75) is 20.8 Å². The second-order valence-electron chi connectivity index (χ2n) is 4.58. The largest absolute Gasteiger partial charge is 0.477 e. The van der Waals surface area contributed by atoms with Gasteiger partial charge in [-0.25, -0.2) is 9.78 Å². The molecule has 2 aromatic rings. The number of aryl methyl sites for hydroxylation is 3. The fourth-order valence-electron chi connectivity index (χ4n) is 1.85. The molecule has 0 radical (unpaired) electrons. The highest BCUT2D eigenvalue weighted by Gasteiger charge is 2.14. The summed E-state index contributed by atoms with van der Waals surface area (Å²) in [5, 5.41) is 9.16. The lowest BCUT2D eigenvalue weighted by Gasteiger charge is -2.11. The maximum atomic E-state index is 11.2. The minimum Gasteiger partial charge on any atom is -0.477 e. The van der Waals surface area contributed by atoms with Crippen molar-refractivity contribution in [2.75, 3.05) is 0 Å². The van der Waals surface area contributed by atoms with Gasteiger partial charge >= 0.3 is 5.97 Å². The molecule has 0 aliphatic rings. The quantitative estimate of drug-likeness (QED) is 0.910. The van der Waals surface area contributed by atoms with E-state index in [0.717, 1.165) is 15.6 Å². The van der Waals surface area contributed by atoms with Crippen LogP contribution in [0.4, 0.5) is 0 Å². The van der Waals surface area contributed by atoms with Crippen LogP contribution in [0, 0.1) is 20.8 Å². The SMILES string of the molecule is Cc1ccc(C(=O)O)c(Oc2cc(C)c(Br)c(C)c2)n1. The zero-order chi connectivity index (χ0) is 14.9. The number of aromatic carboxylic acids is 1. The predicted octanol–water partition coefficient (Wildman–Crippen LogP) is 4.26. The van der Waals surface area contributed by atoms with Crippen LogP contribution in [0.5, 0.6) is 11.6 Å². The molecule has 0 saturated heterocycles. The van der Waals surface area contributed by atoms with E-state index in [2.05, 4.69) is 20.9 Å². The maximum absolute atomic E-state index is 11.2. The molecule has 1 N–H and O–H groups in total. The molecule has 0 atom stereocenters. The first-order chi connectivity index (χ1) is 9.38. The van der Waals surface area contributed by atoms with Crippen LogP contribution in [-0.2, 0) is 0 Å². The van der Waals surface area contributed by atoms with Gasteiger partial charge in [-0.3, -0.25) is 0 Å². The average molecular weight is 336 g/mol. The molecular formula is C15H14BrNO3. The second-order valence-corrected chi connectivity index (χ2v) is 5.38. The molecule has 0 unspecified atom stereocenters. The zero-order valence-electron chi connectivity index (χ0n) is 11.4. The van der Waals surface area contributed by atoms with Gasteiger partial charge in [0.15, 0.2) is 0 Å². The van der Waals surface area contributed by atoms with Crippen LogP contribution < -0.4 is 4.74 Å². The van der Waals surface area contributed by atoms with Crippen LogP contribution in [0.25, 0.3) is 0 Å². The Hall–Kier alpha value is -1.88. The molecule has 20 heavy (non-hydrogen) atoms. The fraction of sp³-hybridized carbons (Fsp3) is 0.200. The smallest absolute Gasteiger partial charge is 0.341 e. The number of hydrogen-bond donors (Lipinski definition) is 1. The Morgan fingerprint density at radius 1 is 1.20 bits per heavy atom. The van der Waals surface area contributed by atoms with Gasteiger partial charge in [-0.15, -0.1) is 0 Å². The number of aromatic nitrogens is 1. The van der Waals surface area contributed by atoms with E-state index in [4.69, 9.17) is 9.84 Å². The van der Waals surface area contributed by atoms with Gasteiger partial charge < -0.3 is 9.84 Å². The van der Waals surface area contributed by atoms with Gasteiger partial charge in [0, 0.05) is 10.2 Å². The molecule has 0 aliphatic carbocycles. The summed E-state index contributed by atoms with van der Waals surface area (Å²) in [5.41, 5.74) is 2.79. The number of rotatable bonds is 3. The molecule has 1 aromatic carbocycles. The summed E-state index contributed by atoms with van der Waals surface area (Å²) in [4.78, 5) is 15.3. The standard InChI is InChI=1S/C15H14BrNO3/c1-8-6-11(7-9(2)13(8)16)20-14-12(15(18)19)5-4-10(3)17-14/h4-7H,1-3H3,(H,18,19). The lowest BCUT2D eigenvalue weighted by Crippen LogP contribution is -2.03. The van der Waals surface area contributed by atoms with E-state index >= 15 is 0 Å². The summed E-state index contributed by atoms with van der Waals surface area (Å²) < 4.78 is 6.67. The van der Waals surface area contributed by atoms with Gasteiger partial charge in [-0.05, 0) is 56.2 Å². The van der Waals surface area contributed by atoms with E-state index in [1.54, 1.807) is 13.0 Å². The summed E-state index contributed by atoms with van der Waals surface area (Å²) in [6.45, 7) is 5.69. The van der Waals surface area contributed by atoms with Crippen LogP contribution >= 0.6 is 15.9 Å². The number of halogens is 1. The first-order valence-corrected chi connectivity index (χ1v) is 6.83. The topological polar surface area (TPSA) is 59.4 Å².